The number of carboxylic acids is 1. The maximum Gasteiger partial charge on any atom is 0.408 e. The van der Waals surface area contributed by atoms with Gasteiger partial charge in [0.05, 0.1) is 12.7 Å². The summed E-state index contributed by atoms with van der Waals surface area (Å²) in [4.78, 5) is 22.8. The zero-order valence-electron chi connectivity index (χ0n) is 11.8. The first-order chi connectivity index (χ1) is 10.0. The van der Waals surface area contributed by atoms with E-state index in [1.165, 1.54) is 6.08 Å². The second kappa shape index (κ2) is 8.76. The smallest absolute Gasteiger partial charge is 0.408 e. The summed E-state index contributed by atoms with van der Waals surface area (Å²) in [5.41, 5.74) is 0.815. The van der Waals surface area contributed by atoms with E-state index in [2.05, 4.69) is 11.9 Å². The van der Waals surface area contributed by atoms with E-state index in [0.29, 0.717) is 0 Å². The number of alkyl carbamates (subject to hydrolysis) is 1. The van der Waals surface area contributed by atoms with Crippen LogP contribution in [0.5, 0.6) is 0 Å². The Morgan fingerprint density at radius 3 is 2.62 bits per heavy atom. The Hall–Kier alpha value is -2.34. The largest absolute Gasteiger partial charge is 0.480 e. The zero-order valence-corrected chi connectivity index (χ0v) is 11.8. The van der Waals surface area contributed by atoms with Gasteiger partial charge >= 0.3 is 12.1 Å². The molecule has 0 saturated heterocycles. The van der Waals surface area contributed by atoms with Gasteiger partial charge in [-0.15, -0.1) is 6.58 Å². The number of carboxylic acid groups (broad SMARTS) is 1. The first-order valence-corrected chi connectivity index (χ1v) is 6.47. The highest BCUT2D eigenvalue weighted by Crippen LogP contribution is 2.03. The predicted octanol–water partition coefficient (Wildman–Crippen LogP) is 1.96. The standard InChI is InChI=1S/C15H19NO5/c1-3-9-20-11(2)13(14(17)18)16-15(19)21-10-12-7-5-4-6-8-12/h3-8,11,13H,1,9-10H2,2H3,(H,16,19)(H,17,18)/t11-,13+/m1/s1. The predicted molar refractivity (Wildman–Crippen MR) is 76.8 cm³/mol. The number of hydrogen-bond donors (Lipinski definition) is 2. The average molecular weight is 293 g/mol. The summed E-state index contributed by atoms with van der Waals surface area (Å²) < 4.78 is 10.2. The lowest BCUT2D eigenvalue weighted by molar-refractivity contribution is -0.143. The molecule has 6 heteroatoms. The maximum atomic E-state index is 11.6. The fraction of sp³-hybridized carbons (Fsp3) is 0.333. The molecule has 0 aliphatic carbocycles. The Labute approximate surface area is 123 Å². The summed E-state index contributed by atoms with van der Waals surface area (Å²) in [6.45, 7) is 5.30. The number of carbonyl (C=O) groups is 2. The van der Waals surface area contributed by atoms with Gasteiger partial charge in [0.15, 0.2) is 6.04 Å². The Kier molecular flexibility index (Phi) is 6.97. The van der Waals surface area contributed by atoms with Gasteiger partial charge in [-0.05, 0) is 12.5 Å². The van der Waals surface area contributed by atoms with E-state index in [1.54, 1.807) is 19.1 Å². The molecule has 2 N–H and O–H groups in total. The molecule has 0 fully saturated rings. The Morgan fingerprint density at radius 1 is 1.38 bits per heavy atom. The molecule has 0 heterocycles. The van der Waals surface area contributed by atoms with E-state index in [4.69, 9.17) is 14.6 Å². The summed E-state index contributed by atoms with van der Waals surface area (Å²) in [5, 5.41) is 11.4. The maximum absolute atomic E-state index is 11.6. The molecule has 0 radical (unpaired) electrons. The molecule has 0 unspecified atom stereocenters. The number of hydrogen-bond acceptors (Lipinski definition) is 4. The molecule has 2 atom stereocenters. The first kappa shape index (κ1) is 16.7. The van der Waals surface area contributed by atoms with Gasteiger partial charge in [0, 0.05) is 0 Å². The number of carbonyl (C=O) groups excluding carboxylic acids is 1. The summed E-state index contributed by atoms with van der Waals surface area (Å²) in [5.74, 6) is -1.19. The fourth-order valence-corrected chi connectivity index (χ4v) is 1.59. The van der Waals surface area contributed by atoms with Gasteiger partial charge in [-0.2, -0.15) is 0 Å². The number of nitrogens with one attached hydrogen (secondary N) is 1. The van der Waals surface area contributed by atoms with Crippen LogP contribution in [-0.4, -0.2) is 35.9 Å². The van der Waals surface area contributed by atoms with Crippen LogP contribution in [0.25, 0.3) is 0 Å². The molecule has 0 spiro atoms. The molecule has 1 aromatic rings. The molecular formula is C15H19NO5. The highest BCUT2D eigenvalue weighted by atomic mass is 16.5. The Balaban J connectivity index is 2.48. The van der Waals surface area contributed by atoms with Crippen molar-refractivity contribution in [2.45, 2.75) is 25.7 Å². The molecule has 0 bridgehead atoms. The van der Waals surface area contributed by atoms with E-state index in [1.807, 2.05) is 18.2 Å². The van der Waals surface area contributed by atoms with Crippen molar-refractivity contribution in [3.8, 4) is 0 Å². The minimum Gasteiger partial charge on any atom is -0.480 e. The van der Waals surface area contributed by atoms with E-state index in [-0.39, 0.29) is 13.2 Å². The third-order valence-corrected chi connectivity index (χ3v) is 2.70. The monoisotopic (exact) mass is 293 g/mol. The van der Waals surface area contributed by atoms with Crippen molar-refractivity contribution in [2.75, 3.05) is 6.61 Å². The highest BCUT2D eigenvalue weighted by Gasteiger charge is 2.27. The topological polar surface area (TPSA) is 84.9 Å². The van der Waals surface area contributed by atoms with E-state index in [9.17, 15) is 9.59 Å². The van der Waals surface area contributed by atoms with E-state index in [0.717, 1.165) is 5.56 Å². The lowest BCUT2D eigenvalue weighted by Gasteiger charge is -2.21. The van der Waals surface area contributed by atoms with Crippen molar-refractivity contribution in [3.63, 3.8) is 0 Å². The number of aliphatic carboxylic acids is 1. The molecule has 0 saturated carbocycles. The molecule has 0 aliphatic heterocycles. The van der Waals surface area contributed by atoms with Gasteiger partial charge in [0.2, 0.25) is 0 Å². The van der Waals surface area contributed by atoms with E-state index < -0.39 is 24.2 Å². The van der Waals surface area contributed by atoms with Crippen molar-refractivity contribution in [2.24, 2.45) is 0 Å². The number of rotatable bonds is 8. The van der Waals surface area contributed by atoms with Crippen LogP contribution in [0.1, 0.15) is 12.5 Å². The second-order valence-electron chi connectivity index (χ2n) is 4.35. The minimum atomic E-state index is -1.19. The number of benzene rings is 1. The zero-order chi connectivity index (χ0) is 15.7. The van der Waals surface area contributed by atoms with Gasteiger partial charge < -0.3 is 19.9 Å². The van der Waals surface area contributed by atoms with Crippen LogP contribution in [0.3, 0.4) is 0 Å². The van der Waals surface area contributed by atoms with Gasteiger partial charge in [-0.1, -0.05) is 36.4 Å². The summed E-state index contributed by atoms with van der Waals surface area (Å²) >= 11 is 0. The van der Waals surface area contributed by atoms with Crippen LogP contribution in [0.4, 0.5) is 4.79 Å². The van der Waals surface area contributed by atoms with Crippen molar-refractivity contribution >= 4 is 12.1 Å². The Bertz CT molecular complexity index is 474. The first-order valence-electron chi connectivity index (χ1n) is 6.47. The second-order valence-corrected chi connectivity index (χ2v) is 4.35. The van der Waals surface area contributed by atoms with Gasteiger partial charge in [0.25, 0.3) is 0 Å². The van der Waals surface area contributed by atoms with Crippen molar-refractivity contribution < 1.29 is 24.2 Å². The molecule has 114 valence electrons. The van der Waals surface area contributed by atoms with E-state index >= 15 is 0 Å². The van der Waals surface area contributed by atoms with Crippen LogP contribution in [0.2, 0.25) is 0 Å². The SMILES string of the molecule is C=CCO[C@H](C)[C@H](NC(=O)OCc1ccccc1)C(=O)O. The van der Waals surface area contributed by atoms with Crippen LogP contribution in [0.15, 0.2) is 43.0 Å². The van der Waals surface area contributed by atoms with Crippen molar-refractivity contribution in [3.05, 3.63) is 48.6 Å². The molecular weight excluding hydrogens is 274 g/mol. The molecule has 1 rings (SSSR count). The van der Waals surface area contributed by atoms with Gasteiger partial charge in [-0.3, -0.25) is 0 Å². The van der Waals surface area contributed by atoms with Crippen molar-refractivity contribution in [1.82, 2.24) is 5.32 Å². The number of ether oxygens (including phenoxy) is 2. The molecule has 21 heavy (non-hydrogen) atoms. The van der Waals surface area contributed by atoms with Crippen molar-refractivity contribution in [1.29, 1.82) is 0 Å². The molecule has 0 aromatic heterocycles. The molecule has 1 amide bonds. The third kappa shape index (κ3) is 6.09. The number of amides is 1. The van der Waals surface area contributed by atoms with Crippen LogP contribution < -0.4 is 5.32 Å². The van der Waals surface area contributed by atoms with Crippen LogP contribution in [-0.2, 0) is 20.9 Å². The molecule has 6 nitrogen and oxygen atoms in total. The van der Waals surface area contributed by atoms with Crippen LogP contribution in [0, 0.1) is 0 Å². The fourth-order valence-electron chi connectivity index (χ4n) is 1.59. The van der Waals surface area contributed by atoms with Gasteiger partial charge in [-0.25, -0.2) is 9.59 Å². The summed E-state index contributed by atoms with van der Waals surface area (Å²) in [7, 11) is 0. The normalized spacial score (nSPS) is 13.0. The highest BCUT2D eigenvalue weighted by molar-refractivity contribution is 5.80. The molecule has 0 aliphatic rings. The summed E-state index contributed by atoms with van der Waals surface area (Å²) in [6.07, 6.45) is -0.00607. The summed E-state index contributed by atoms with van der Waals surface area (Å²) in [6, 6.07) is 7.91. The molecule has 1 aromatic carbocycles. The lowest BCUT2D eigenvalue weighted by atomic mass is 10.2. The van der Waals surface area contributed by atoms with Gasteiger partial charge in [0.1, 0.15) is 6.61 Å². The third-order valence-electron chi connectivity index (χ3n) is 2.70. The quantitative estimate of drug-likeness (QED) is 0.716. The average Bonchev–Trinajstić information content (AvgIpc) is 2.49. The lowest BCUT2D eigenvalue weighted by Crippen LogP contribution is -2.48. The minimum absolute atomic E-state index is 0.0703. The van der Waals surface area contributed by atoms with Crippen LogP contribution >= 0.6 is 0 Å². The Morgan fingerprint density at radius 2 is 2.05 bits per heavy atom.